The van der Waals surface area contributed by atoms with Crippen LogP contribution in [0.15, 0.2) is 48.5 Å². The van der Waals surface area contributed by atoms with Gasteiger partial charge >= 0.3 is 0 Å². The summed E-state index contributed by atoms with van der Waals surface area (Å²) >= 11 is 0. The number of amides is 1. The lowest BCUT2D eigenvalue weighted by Crippen LogP contribution is -2.36. The lowest BCUT2D eigenvalue weighted by atomic mass is 9.99. The van der Waals surface area contributed by atoms with Gasteiger partial charge in [-0.05, 0) is 42.5 Å². The van der Waals surface area contributed by atoms with Crippen LogP contribution in [0.25, 0.3) is 0 Å². The summed E-state index contributed by atoms with van der Waals surface area (Å²) in [5.74, 6) is 1.65. The molecule has 1 aliphatic heterocycles. The molecule has 2 aromatic carbocycles. The minimum absolute atomic E-state index is 0.00583. The molecule has 144 valence electrons. The fourth-order valence-corrected chi connectivity index (χ4v) is 3.42. The van der Waals surface area contributed by atoms with Crippen LogP contribution in [0.4, 0.5) is 0 Å². The summed E-state index contributed by atoms with van der Waals surface area (Å²) < 4.78 is 16.1. The first kappa shape index (κ1) is 19.2. The second-order valence-corrected chi connectivity index (χ2v) is 6.80. The number of rotatable bonds is 7. The molecule has 0 N–H and O–H groups in total. The van der Waals surface area contributed by atoms with E-state index in [1.165, 1.54) is 0 Å². The summed E-state index contributed by atoms with van der Waals surface area (Å²) in [6.45, 7) is 2.86. The molecular weight excluding hydrogens is 342 g/mol. The number of methoxy groups -OCH3 is 2. The van der Waals surface area contributed by atoms with Gasteiger partial charge in [-0.25, -0.2) is 0 Å². The van der Waals surface area contributed by atoms with Crippen LogP contribution < -0.4 is 9.47 Å². The van der Waals surface area contributed by atoms with E-state index >= 15 is 0 Å². The van der Waals surface area contributed by atoms with Crippen molar-refractivity contribution in [2.24, 2.45) is 5.92 Å². The zero-order valence-electron chi connectivity index (χ0n) is 16.0. The molecule has 0 unspecified atom stereocenters. The van der Waals surface area contributed by atoms with Crippen LogP contribution in [0.1, 0.15) is 28.8 Å². The number of carbonyl (C=O) groups excluding carboxylic acids is 1. The van der Waals surface area contributed by atoms with Crippen LogP contribution in [0, 0.1) is 5.92 Å². The molecule has 5 heteroatoms. The molecule has 0 bridgehead atoms. The summed E-state index contributed by atoms with van der Waals surface area (Å²) in [5.41, 5.74) is 1.73. The Hall–Kier alpha value is -2.53. The minimum atomic E-state index is 0.00583. The molecule has 3 rings (SSSR count). The molecule has 1 fully saturated rings. The lowest BCUT2D eigenvalue weighted by molar-refractivity contribution is 0.0445. The smallest absolute Gasteiger partial charge is 0.254 e. The van der Waals surface area contributed by atoms with Gasteiger partial charge in [-0.2, -0.15) is 0 Å². The first-order chi connectivity index (χ1) is 13.2. The van der Waals surface area contributed by atoms with Crippen molar-refractivity contribution in [1.29, 1.82) is 0 Å². The normalized spacial score (nSPS) is 14.6. The van der Waals surface area contributed by atoms with Crippen molar-refractivity contribution in [2.45, 2.75) is 19.4 Å². The van der Waals surface area contributed by atoms with E-state index in [1.807, 2.05) is 23.1 Å². The summed E-state index contributed by atoms with van der Waals surface area (Å²) in [4.78, 5) is 15.2. The summed E-state index contributed by atoms with van der Waals surface area (Å²) in [5, 5.41) is 0. The Kier molecular flexibility index (Phi) is 6.71. The predicted octanol–water partition coefficient (Wildman–Crippen LogP) is 3.77. The van der Waals surface area contributed by atoms with Crippen molar-refractivity contribution in [1.82, 2.24) is 4.90 Å². The van der Waals surface area contributed by atoms with Crippen LogP contribution >= 0.6 is 0 Å². The van der Waals surface area contributed by atoms with E-state index in [0.717, 1.165) is 38.2 Å². The SMILES string of the molecule is COc1ccc(C(=O)N(Cc2ccccc2)CC2CCOCC2)cc1OC. The third-order valence-electron chi connectivity index (χ3n) is 4.95. The Labute approximate surface area is 160 Å². The highest BCUT2D eigenvalue weighted by molar-refractivity contribution is 5.95. The third kappa shape index (κ3) is 5.01. The van der Waals surface area contributed by atoms with E-state index in [2.05, 4.69) is 12.1 Å². The van der Waals surface area contributed by atoms with Crippen molar-refractivity contribution < 1.29 is 19.0 Å². The van der Waals surface area contributed by atoms with Gasteiger partial charge in [-0.15, -0.1) is 0 Å². The molecule has 0 spiro atoms. The summed E-state index contributed by atoms with van der Waals surface area (Å²) in [6.07, 6.45) is 1.98. The molecule has 0 saturated carbocycles. The zero-order chi connectivity index (χ0) is 19.1. The quantitative estimate of drug-likeness (QED) is 0.745. The molecule has 5 nitrogen and oxygen atoms in total. The van der Waals surface area contributed by atoms with Gasteiger partial charge < -0.3 is 19.1 Å². The number of benzene rings is 2. The van der Waals surface area contributed by atoms with E-state index in [-0.39, 0.29) is 5.91 Å². The summed E-state index contributed by atoms with van der Waals surface area (Å²) in [6, 6.07) is 15.4. The second-order valence-electron chi connectivity index (χ2n) is 6.80. The van der Waals surface area contributed by atoms with Crippen molar-refractivity contribution >= 4 is 5.91 Å². The molecule has 1 saturated heterocycles. The van der Waals surface area contributed by atoms with Crippen LogP contribution in [0.2, 0.25) is 0 Å². The number of carbonyl (C=O) groups is 1. The predicted molar refractivity (Wildman–Crippen MR) is 104 cm³/mol. The molecule has 1 heterocycles. The van der Waals surface area contributed by atoms with Crippen LogP contribution in [-0.2, 0) is 11.3 Å². The highest BCUT2D eigenvalue weighted by Crippen LogP contribution is 2.28. The van der Waals surface area contributed by atoms with E-state index in [9.17, 15) is 4.79 Å². The first-order valence-electron chi connectivity index (χ1n) is 9.34. The Morgan fingerprint density at radius 3 is 2.41 bits per heavy atom. The van der Waals surface area contributed by atoms with Gasteiger partial charge in [0.15, 0.2) is 11.5 Å². The van der Waals surface area contributed by atoms with Gasteiger partial charge in [-0.3, -0.25) is 4.79 Å². The summed E-state index contributed by atoms with van der Waals surface area (Å²) in [7, 11) is 3.17. The van der Waals surface area contributed by atoms with Gasteiger partial charge in [-0.1, -0.05) is 30.3 Å². The van der Waals surface area contributed by atoms with Crippen molar-refractivity contribution in [3.05, 3.63) is 59.7 Å². The molecule has 0 aromatic heterocycles. The minimum Gasteiger partial charge on any atom is -0.493 e. The molecule has 1 aliphatic rings. The Morgan fingerprint density at radius 1 is 1.04 bits per heavy atom. The van der Waals surface area contributed by atoms with E-state index in [0.29, 0.717) is 29.5 Å². The Bertz CT molecular complexity index is 741. The maximum absolute atomic E-state index is 13.3. The molecule has 2 aromatic rings. The van der Waals surface area contributed by atoms with E-state index in [1.54, 1.807) is 32.4 Å². The molecule has 27 heavy (non-hydrogen) atoms. The number of hydrogen-bond donors (Lipinski definition) is 0. The highest BCUT2D eigenvalue weighted by atomic mass is 16.5. The van der Waals surface area contributed by atoms with Crippen molar-refractivity contribution in [2.75, 3.05) is 34.0 Å². The number of nitrogens with zero attached hydrogens (tertiary/aromatic N) is 1. The molecule has 0 aliphatic carbocycles. The standard InChI is InChI=1S/C22H27NO4/c1-25-20-9-8-19(14-21(20)26-2)22(24)23(15-17-6-4-3-5-7-17)16-18-10-12-27-13-11-18/h3-9,14,18H,10-13,15-16H2,1-2H3. The zero-order valence-corrected chi connectivity index (χ0v) is 16.0. The molecule has 1 amide bonds. The van der Waals surface area contributed by atoms with Crippen LogP contribution in [0.3, 0.4) is 0 Å². The fraction of sp³-hybridized carbons (Fsp3) is 0.409. The first-order valence-corrected chi connectivity index (χ1v) is 9.34. The maximum atomic E-state index is 13.3. The molecule has 0 atom stereocenters. The third-order valence-corrected chi connectivity index (χ3v) is 4.95. The van der Waals surface area contributed by atoms with Gasteiger partial charge in [0.1, 0.15) is 0 Å². The highest BCUT2D eigenvalue weighted by Gasteiger charge is 2.23. The van der Waals surface area contributed by atoms with Crippen molar-refractivity contribution in [3.63, 3.8) is 0 Å². The van der Waals surface area contributed by atoms with E-state index < -0.39 is 0 Å². The molecule has 0 radical (unpaired) electrons. The Balaban J connectivity index is 1.82. The van der Waals surface area contributed by atoms with Crippen molar-refractivity contribution in [3.8, 4) is 11.5 Å². The topological polar surface area (TPSA) is 48.0 Å². The van der Waals surface area contributed by atoms with Gasteiger partial charge in [0.25, 0.3) is 5.91 Å². The van der Waals surface area contributed by atoms with Gasteiger partial charge in [0, 0.05) is 31.9 Å². The monoisotopic (exact) mass is 369 g/mol. The average Bonchev–Trinajstić information content (AvgIpc) is 2.73. The lowest BCUT2D eigenvalue weighted by Gasteiger charge is -2.30. The fourth-order valence-electron chi connectivity index (χ4n) is 3.42. The van der Waals surface area contributed by atoms with Crippen LogP contribution in [0.5, 0.6) is 11.5 Å². The largest absolute Gasteiger partial charge is 0.493 e. The number of hydrogen-bond acceptors (Lipinski definition) is 4. The Morgan fingerprint density at radius 2 is 1.74 bits per heavy atom. The van der Waals surface area contributed by atoms with Crippen LogP contribution in [-0.4, -0.2) is 44.8 Å². The van der Waals surface area contributed by atoms with E-state index in [4.69, 9.17) is 14.2 Å². The van der Waals surface area contributed by atoms with Gasteiger partial charge in [0.2, 0.25) is 0 Å². The molecular formula is C22H27NO4. The van der Waals surface area contributed by atoms with Gasteiger partial charge in [0.05, 0.1) is 14.2 Å². The maximum Gasteiger partial charge on any atom is 0.254 e. The average molecular weight is 369 g/mol. The second kappa shape index (κ2) is 9.42. The number of ether oxygens (including phenoxy) is 3.